The Morgan fingerprint density at radius 1 is 1.06 bits per heavy atom. The smallest absolute Gasteiger partial charge is 0.216 e. The largest absolute Gasteiger partial charge is 0.473 e. The Balaban J connectivity index is 2.19. The van der Waals surface area contributed by atoms with E-state index in [-0.39, 0.29) is 0 Å². The van der Waals surface area contributed by atoms with Crippen molar-refractivity contribution in [1.82, 2.24) is 4.98 Å². The van der Waals surface area contributed by atoms with Crippen LogP contribution in [0.1, 0.15) is 22.4 Å². The number of benzene rings is 1. The second-order valence-electron chi connectivity index (χ2n) is 4.51. The number of hydrogen-bond acceptors (Lipinski definition) is 3. The molecule has 3 nitrogen and oxygen atoms in total. The van der Waals surface area contributed by atoms with E-state index < -0.39 is 0 Å². The summed E-state index contributed by atoms with van der Waals surface area (Å²) in [5.74, 6) is 0.678. The summed E-state index contributed by atoms with van der Waals surface area (Å²) in [6.45, 7) is 6.43. The lowest BCUT2D eigenvalue weighted by Crippen LogP contribution is -2.04. The minimum atomic E-state index is 0.454. The Morgan fingerprint density at radius 2 is 1.83 bits per heavy atom. The molecule has 0 aliphatic carbocycles. The SMILES string of the molecule is Cc1ccc(C)c(OCc2c(C)cccc2N)n1. The average Bonchev–Trinajstić information content (AvgIpc) is 2.33. The number of anilines is 1. The highest BCUT2D eigenvalue weighted by Crippen LogP contribution is 2.20. The standard InChI is InChI=1S/C15H18N2O/c1-10-5-4-6-14(16)13(10)9-18-15-11(2)7-8-12(3)17-15/h4-8H,9,16H2,1-3H3. The van der Waals surface area contributed by atoms with Crippen molar-refractivity contribution in [2.24, 2.45) is 0 Å². The van der Waals surface area contributed by atoms with Crippen LogP contribution in [0.15, 0.2) is 30.3 Å². The monoisotopic (exact) mass is 242 g/mol. The molecule has 1 aromatic carbocycles. The number of nitrogen functional groups attached to an aromatic ring is 1. The second-order valence-corrected chi connectivity index (χ2v) is 4.51. The molecule has 94 valence electrons. The third-order valence-electron chi connectivity index (χ3n) is 2.99. The van der Waals surface area contributed by atoms with Crippen LogP contribution in [0.3, 0.4) is 0 Å². The molecule has 0 amide bonds. The van der Waals surface area contributed by atoms with Crippen LogP contribution < -0.4 is 10.5 Å². The predicted octanol–water partition coefficient (Wildman–Crippen LogP) is 3.17. The molecule has 2 rings (SSSR count). The van der Waals surface area contributed by atoms with Gasteiger partial charge in [-0.05, 0) is 38.5 Å². The number of pyridine rings is 1. The first kappa shape index (κ1) is 12.4. The average molecular weight is 242 g/mol. The lowest BCUT2D eigenvalue weighted by molar-refractivity contribution is 0.291. The molecular formula is C15H18N2O. The van der Waals surface area contributed by atoms with Gasteiger partial charge in [-0.2, -0.15) is 0 Å². The molecule has 0 atom stereocenters. The Labute approximate surface area is 108 Å². The van der Waals surface area contributed by atoms with E-state index in [9.17, 15) is 0 Å². The summed E-state index contributed by atoms with van der Waals surface area (Å²) < 4.78 is 5.77. The third kappa shape index (κ3) is 2.62. The molecule has 0 spiro atoms. The maximum absolute atomic E-state index is 5.95. The van der Waals surface area contributed by atoms with E-state index in [0.29, 0.717) is 12.5 Å². The topological polar surface area (TPSA) is 48.1 Å². The summed E-state index contributed by atoms with van der Waals surface area (Å²) in [6.07, 6.45) is 0. The molecule has 0 unspecified atom stereocenters. The highest BCUT2D eigenvalue weighted by Gasteiger charge is 2.06. The Kier molecular flexibility index (Phi) is 3.51. The van der Waals surface area contributed by atoms with Gasteiger partial charge in [-0.25, -0.2) is 4.98 Å². The van der Waals surface area contributed by atoms with Crippen molar-refractivity contribution in [1.29, 1.82) is 0 Å². The second kappa shape index (κ2) is 5.08. The van der Waals surface area contributed by atoms with Gasteiger partial charge in [0.05, 0.1) is 0 Å². The molecule has 0 radical (unpaired) electrons. The van der Waals surface area contributed by atoms with E-state index in [2.05, 4.69) is 4.98 Å². The number of ether oxygens (including phenoxy) is 1. The first-order chi connectivity index (χ1) is 8.58. The minimum absolute atomic E-state index is 0.454. The summed E-state index contributed by atoms with van der Waals surface area (Å²) in [4.78, 5) is 4.38. The fourth-order valence-electron chi connectivity index (χ4n) is 1.81. The Bertz CT molecular complexity index is 544. The summed E-state index contributed by atoms with van der Waals surface area (Å²) in [5, 5.41) is 0. The van der Waals surface area contributed by atoms with Crippen LogP contribution in [0, 0.1) is 20.8 Å². The molecular weight excluding hydrogens is 224 g/mol. The molecule has 0 aliphatic heterocycles. The molecule has 0 bridgehead atoms. The van der Waals surface area contributed by atoms with Crippen LogP contribution in [0.2, 0.25) is 0 Å². The summed E-state index contributed by atoms with van der Waals surface area (Å²) in [5.41, 5.74) is 10.9. The van der Waals surface area contributed by atoms with Gasteiger partial charge in [0, 0.05) is 22.5 Å². The van der Waals surface area contributed by atoms with Crippen molar-refractivity contribution >= 4 is 5.69 Å². The van der Waals surface area contributed by atoms with Gasteiger partial charge in [-0.1, -0.05) is 18.2 Å². The number of hydrogen-bond donors (Lipinski definition) is 1. The quantitative estimate of drug-likeness (QED) is 0.841. The molecule has 1 aromatic heterocycles. The van der Waals surface area contributed by atoms with E-state index in [1.807, 2.05) is 51.1 Å². The maximum atomic E-state index is 5.95. The third-order valence-corrected chi connectivity index (χ3v) is 2.99. The first-order valence-electron chi connectivity index (χ1n) is 5.99. The molecule has 2 N–H and O–H groups in total. The number of aryl methyl sites for hydroxylation is 3. The molecule has 3 heteroatoms. The van der Waals surface area contributed by atoms with Crippen LogP contribution in [0.5, 0.6) is 5.88 Å². The van der Waals surface area contributed by atoms with Gasteiger partial charge in [-0.15, -0.1) is 0 Å². The zero-order chi connectivity index (χ0) is 13.1. The minimum Gasteiger partial charge on any atom is -0.473 e. The maximum Gasteiger partial charge on any atom is 0.216 e. The van der Waals surface area contributed by atoms with E-state index in [1.165, 1.54) is 0 Å². The fraction of sp³-hybridized carbons (Fsp3) is 0.267. The lowest BCUT2D eigenvalue weighted by atomic mass is 10.1. The van der Waals surface area contributed by atoms with Crippen molar-refractivity contribution in [3.63, 3.8) is 0 Å². The zero-order valence-corrected chi connectivity index (χ0v) is 11.0. The van der Waals surface area contributed by atoms with Crippen LogP contribution >= 0.6 is 0 Å². The molecule has 0 saturated carbocycles. The number of nitrogens with zero attached hydrogens (tertiary/aromatic N) is 1. The van der Waals surface area contributed by atoms with Gasteiger partial charge in [0.25, 0.3) is 0 Å². The highest BCUT2D eigenvalue weighted by atomic mass is 16.5. The van der Waals surface area contributed by atoms with Gasteiger partial charge in [0.15, 0.2) is 0 Å². The molecule has 1 heterocycles. The van der Waals surface area contributed by atoms with Gasteiger partial charge in [-0.3, -0.25) is 0 Å². The zero-order valence-electron chi connectivity index (χ0n) is 11.0. The number of rotatable bonds is 3. The molecule has 0 fully saturated rings. The molecule has 18 heavy (non-hydrogen) atoms. The normalized spacial score (nSPS) is 10.4. The Hall–Kier alpha value is -2.03. The van der Waals surface area contributed by atoms with Crippen LogP contribution in [0.4, 0.5) is 5.69 Å². The lowest BCUT2D eigenvalue weighted by Gasteiger charge is -2.12. The highest BCUT2D eigenvalue weighted by molar-refractivity contribution is 5.50. The van der Waals surface area contributed by atoms with E-state index in [1.54, 1.807) is 0 Å². The predicted molar refractivity (Wildman–Crippen MR) is 73.6 cm³/mol. The van der Waals surface area contributed by atoms with Gasteiger partial charge in [0.2, 0.25) is 5.88 Å². The van der Waals surface area contributed by atoms with Crippen molar-refractivity contribution in [2.75, 3.05) is 5.73 Å². The van der Waals surface area contributed by atoms with E-state index in [4.69, 9.17) is 10.5 Å². The molecule has 2 aromatic rings. The summed E-state index contributed by atoms with van der Waals surface area (Å²) in [6, 6.07) is 9.86. The van der Waals surface area contributed by atoms with Crippen LogP contribution in [-0.2, 0) is 6.61 Å². The fourth-order valence-corrected chi connectivity index (χ4v) is 1.81. The van der Waals surface area contributed by atoms with Crippen LogP contribution in [-0.4, -0.2) is 4.98 Å². The van der Waals surface area contributed by atoms with E-state index in [0.717, 1.165) is 28.1 Å². The number of aromatic nitrogens is 1. The van der Waals surface area contributed by atoms with Gasteiger partial charge < -0.3 is 10.5 Å². The van der Waals surface area contributed by atoms with Crippen molar-refractivity contribution in [2.45, 2.75) is 27.4 Å². The molecule has 0 aliphatic rings. The summed E-state index contributed by atoms with van der Waals surface area (Å²) >= 11 is 0. The van der Waals surface area contributed by atoms with Crippen molar-refractivity contribution in [3.8, 4) is 5.88 Å². The molecule has 0 saturated heterocycles. The van der Waals surface area contributed by atoms with E-state index >= 15 is 0 Å². The summed E-state index contributed by atoms with van der Waals surface area (Å²) in [7, 11) is 0. The number of nitrogens with two attached hydrogens (primary N) is 1. The van der Waals surface area contributed by atoms with Crippen LogP contribution in [0.25, 0.3) is 0 Å². The Morgan fingerprint density at radius 3 is 2.56 bits per heavy atom. The van der Waals surface area contributed by atoms with Crippen molar-refractivity contribution < 1.29 is 4.74 Å². The van der Waals surface area contributed by atoms with Crippen molar-refractivity contribution in [3.05, 3.63) is 52.7 Å². The van der Waals surface area contributed by atoms with Gasteiger partial charge >= 0.3 is 0 Å². The van der Waals surface area contributed by atoms with Gasteiger partial charge in [0.1, 0.15) is 6.61 Å². The first-order valence-corrected chi connectivity index (χ1v) is 5.99.